The van der Waals surface area contributed by atoms with Crippen LogP contribution >= 0.6 is 0 Å². The van der Waals surface area contributed by atoms with Crippen LogP contribution in [0.25, 0.3) is 5.76 Å². The van der Waals surface area contributed by atoms with E-state index in [9.17, 15) is 14.7 Å². The lowest BCUT2D eigenvalue weighted by atomic mass is 9.97. The number of hydrogen-bond donors (Lipinski definition) is 1. The quantitative estimate of drug-likeness (QED) is 0.439. The van der Waals surface area contributed by atoms with Crippen molar-refractivity contribution in [3.05, 3.63) is 59.4 Å². The van der Waals surface area contributed by atoms with Crippen molar-refractivity contribution in [2.24, 2.45) is 0 Å². The monoisotopic (exact) mass is 396 g/mol. The van der Waals surface area contributed by atoms with Gasteiger partial charge in [-0.15, -0.1) is 0 Å². The summed E-state index contributed by atoms with van der Waals surface area (Å²) >= 11 is 0. The highest BCUT2D eigenvalue weighted by molar-refractivity contribution is 6.46. The van der Waals surface area contributed by atoms with Gasteiger partial charge in [-0.25, -0.2) is 0 Å². The molecule has 0 bridgehead atoms. The lowest BCUT2D eigenvalue weighted by Gasteiger charge is -2.24. The van der Waals surface area contributed by atoms with Crippen molar-refractivity contribution in [2.45, 2.75) is 25.8 Å². The third kappa shape index (κ3) is 3.68. The van der Waals surface area contributed by atoms with E-state index in [-0.39, 0.29) is 16.9 Å². The minimum Gasteiger partial charge on any atom is -0.506 e. The summed E-state index contributed by atoms with van der Waals surface area (Å²) in [4.78, 5) is 31.6. The van der Waals surface area contributed by atoms with Crippen LogP contribution in [0.15, 0.2) is 48.2 Å². The van der Waals surface area contributed by atoms with Crippen molar-refractivity contribution in [3.8, 4) is 11.5 Å². The highest BCUT2D eigenvalue weighted by Crippen LogP contribution is 2.42. The molecule has 1 N–H and O–H groups in total. The Hall–Kier alpha value is -3.35. The normalized spacial score (nSPS) is 18.2. The number of ketones is 1. The number of carbonyl (C=O) groups excluding carboxylic acids is 2. The number of unbranched alkanes of at least 4 members (excludes halogenated alkanes) is 1. The summed E-state index contributed by atoms with van der Waals surface area (Å²) in [7, 11) is 2.92. The molecule has 1 aromatic heterocycles. The minimum absolute atomic E-state index is 0.0207. The maximum absolute atomic E-state index is 13.0. The van der Waals surface area contributed by atoms with Gasteiger partial charge >= 0.3 is 0 Å². The van der Waals surface area contributed by atoms with Crippen molar-refractivity contribution in [2.75, 3.05) is 20.8 Å². The number of benzene rings is 1. The molecule has 1 atom stereocenters. The standard InChI is InChI=1S/C22H24N2O5/c1-4-5-13-24-19(14-9-6-7-12-23-14)18(21(26)22(24)27)20(25)17-15(28-2)10-8-11-16(17)29-3/h6-12,19,25H,4-5,13H2,1-3H3/b20-18+. The Morgan fingerprint density at radius 2 is 1.79 bits per heavy atom. The van der Waals surface area contributed by atoms with Crippen LogP contribution in [0.1, 0.15) is 37.1 Å². The van der Waals surface area contributed by atoms with Crippen LogP contribution in [0, 0.1) is 0 Å². The number of Topliss-reactive ketones (excluding diaryl/α,β-unsaturated/α-hetero) is 1. The second-order valence-electron chi connectivity index (χ2n) is 6.64. The molecule has 2 aromatic rings. The van der Waals surface area contributed by atoms with E-state index in [0.717, 1.165) is 12.8 Å². The second-order valence-corrected chi connectivity index (χ2v) is 6.64. The highest BCUT2D eigenvalue weighted by atomic mass is 16.5. The Labute approximate surface area is 169 Å². The molecule has 2 heterocycles. The predicted octanol–water partition coefficient (Wildman–Crippen LogP) is 3.32. The lowest BCUT2D eigenvalue weighted by Crippen LogP contribution is -2.31. The first-order chi connectivity index (χ1) is 14.0. The van der Waals surface area contributed by atoms with E-state index in [1.165, 1.54) is 19.1 Å². The molecule has 0 radical (unpaired) electrons. The zero-order valence-corrected chi connectivity index (χ0v) is 16.7. The van der Waals surface area contributed by atoms with Gasteiger partial charge in [0.2, 0.25) is 0 Å². The number of ether oxygens (including phenoxy) is 2. The number of aromatic nitrogens is 1. The summed E-state index contributed by atoms with van der Waals surface area (Å²) in [5.74, 6) is -1.07. The number of carbonyl (C=O) groups is 2. The number of rotatable bonds is 7. The first kappa shape index (κ1) is 20.4. The van der Waals surface area contributed by atoms with Gasteiger partial charge in [0.15, 0.2) is 0 Å². The Kier molecular flexibility index (Phi) is 6.16. The third-order valence-corrected chi connectivity index (χ3v) is 4.93. The van der Waals surface area contributed by atoms with Gasteiger partial charge in [-0.1, -0.05) is 25.5 Å². The first-order valence-electron chi connectivity index (χ1n) is 9.45. The van der Waals surface area contributed by atoms with Crippen LogP contribution < -0.4 is 9.47 Å². The van der Waals surface area contributed by atoms with Gasteiger partial charge in [-0.3, -0.25) is 14.6 Å². The lowest BCUT2D eigenvalue weighted by molar-refractivity contribution is -0.140. The van der Waals surface area contributed by atoms with Gasteiger partial charge < -0.3 is 19.5 Å². The van der Waals surface area contributed by atoms with Crippen molar-refractivity contribution in [1.82, 2.24) is 9.88 Å². The molecule has 1 aliphatic heterocycles. The Morgan fingerprint density at radius 3 is 2.34 bits per heavy atom. The molecule has 0 aliphatic carbocycles. The number of likely N-dealkylation sites (tertiary alicyclic amines) is 1. The van der Waals surface area contributed by atoms with E-state index in [0.29, 0.717) is 23.7 Å². The number of aliphatic hydroxyl groups is 1. The van der Waals surface area contributed by atoms with E-state index >= 15 is 0 Å². The molecule has 1 aromatic carbocycles. The first-order valence-corrected chi connectivity index (χ1v) is 9.45. The maximum atomic E-state index is 13.0. The molecule has 0 spiro atoms. The van der Waals surface area contributed by atoms with E-state index in [2.05, 4.69) is 4.98 Å². The van der Waals surface area contributed by atoms with Crippen molar-refractivity contribution in [1.29, 1.82) is 0 Å². The molecule has 1 aliphatic rings. The average molecular weight is 396 g/mol. The smallest absolute Gasteiger partial charge is 0.295 e. The van der Waals surface area contributed by atoms with Gasteiger partial charge in [-0.2, -0.15) is 0 Å². The Balaban J connectivity index is 2.25. The van der Waals surface area contributed by atoms with E-state index in [1.54, 1.807) is 42.6 Å². The summed E-state index contributed by atoms with van der Waals surface area (Å²) in [5, 5.41) is 11.2. The van der Waals surface area contributed by atoms with Crippen LogP contribution in [0.5, 0.6) is 11.5 Å². The molecule has 1 fully saturated rings. The van der Waals surface area contributed by atoms with Crippen molar-refractivity contribution in [3.63, 3.8) is 0 Å². The van der Waals surface area contributed by atoms with Gasteiger partial charge in [0.05, 0.1) is 25.5 Å². The SMILES string of the molecule is CCCCN1C(=O)C(=O)/C(=C(/O)c2c(OC)cccc2OC)C1c1ccccn1. The Morgan fingerprint density at radius 1 is 1.10 bits per heavy atom. The summed E-state index contributed by atoms with van der Waals surface area (Å²) in [6.45, 7) is 2.40. The fraction of sp³-hybridized carbons (Fsp3) is 0.318. The highest BCUT2D eigenvalue weighted by Gasteiger charge is 2.47. The summed E-state index contributed by atoms with van der Waals surface area (Å²) in [6.07, 6.45) is 3.19. The maximum Gasteiger partial charge on any atom is 0.295 e. The average Bonchev–Trinajstić information content (AvgIpc) is 3.01. The van der Waals surface area contributed by atoms with Gasteiger partial charge in [-0.05, 0) is 30.7 Å². The van der Waals surface area contributed by atoms with Gasteiger partial charge in [0.1, 0.15) is 28.9 Å². The molecule has 3 rings (SSSR count). The molecule has 1 saturated heterocycles. The van der Waals surface area contributed by atoms with Crippen LogP contribution in [-0.4, -0.2) is 47.4 Å². The number of amides is 1. The predicted molar refractivity (Wildman–Crippen MR) is 108 cm³/mol. The van der Waals surface area contributed by atoms with Crippen LogP contribution in [0.2, 0.25) is 0 Å². The molecule has 0 saturated carbocycles. The zero-order valence-electron chi connectivity index (χ0n) is 16.7. The molecule has 7 heteroatoms. The third-order valence-electron chi connectivity index (χ3n) is 4.93. The summed E-state index contributed by atoms with van der Waals surface area (Å²) in [5.41, 5.74) is 0.720. The van der Waals surface area contributed by atoms with Crippen LogP contribution in [0.3, 0.4) is 0 Å². The summed E-state index contributed by atoms with van der Waals surface area (Å²) in [6, 6.07) is 9.52. The van der Waals surface area contributed by atoms with Crippen molar-refractivity contribution < 1.29 is 24.2 Å². The topological polar surface area (TPSA) is 89.0 Å². The van der Waals surface area contributed by atoms with Crippen molar-refractivity contribution >= 4 is 17.4 Å². The summed E-state index contributed by atoms with van der Waals surface area (Å²) < 4.78 is 10.7. The largest absolute Gasteiger partial charge is 0.506 e. The van der Waals surface area contributed by atoms with Crippen LogP contribution in [0.4, 0.5) is 0 Å². The number of hydrogen-bond acceptors (Lipinski definition) is 6. The molecular weight excluding hydrogens is 372 g/mol. The van der Waals surface area contributed by atoms with E-state index in [4.69, 9.17) is 9.47 Å². The molecule has 1 amide bonds. The molecular formula is C22H24N2O5. The molecule has 7 nitrogen and oxygen atoms in total. The number of methoxy groups -OCH3 is 2. The van der Waals surface area contributed by atoms with Gasteiger partial charge in [0.25, 0.3) is 11.7 Å². The Bertz CT molecular complexity index is 917. The van der Waals surface area contributed by atoms with Crippen LogP contribution in [-0.2, 0) is 9.59 Å². The molecule has 29 heavy (non-hydrogen) atoms. The number of aliphatic hydroxyl groups excluding tert-OH is 1. The zero-order chi connectivity index (χ0) is 21.0. The number of pyridine rings is 1. The second kappa shape index (κ2) is 8.77. The fourth-order valence-corrected chi connectivity index (χ4v) is 3.50. The van der Waals surface area contributed by atoms with E-state index < -0.39 is 17.7 Å². The molecule has 1 unspecified atom stereocenters. The number of nitrogens with zero attached hydrogens (tertiary/aromatic N) is 2. The minimum atomic E-state index is -0.780. The van der Waals surface area contributed by atoms with Gasteiger partial charge in [0, 0.05) is 12.7 Å². The molecule has 152 valence electrons. The fourth-order valence-electron chi connectivity index (χ4n) is 3.50. The van der Waals surface area contributed by atoms with E-state index in [1.807, 2.05) is 6.92 Å².